The number of ether oxygens (including phenoxy) is 1. The molecular weight excluding hydrogens is 496 g/mol. The van der Waals surface area contributed by atoms with Gasteiger partial charge in [-0.15, -0.1) is 0 Å². The second-order valence-corrected chi connectivity index (χ2v) is 11.9. The van der Waals surface area contributed by atoms with Gasteiger partial charge in [0, 0.05) is 25.2 Å². The highest BCUT2D eigenvalue weighted by molar-refractivity contribution is 6.01. The number of amides is 2. The molecule has 3 aliphatic rings. The van der Waals surface area contributed by atoms with E-state index in [-0.39, 0.29) is 18.4 Å². The normalized spacial score (nSPS) is 20.5. The van der Waals surface area contributed by atoms with Crippen molar-refractivity contribution >= 4 is 35.0 Å². The van der Waals surface area contributed by atoms with E-state index in [0.29, 0.717) is 41.2 Å². The lowest BCUT2D eigenvalue weighted by atomic mass is 9.91. The average Bonchev–Trinajstić information content (AvgIpc) is 3.63. The molecule has 0 bridgehead atoms. The molecule has 2 heterocycles. The van der Waals surface area contributed by atoms with E-state index in [2.05, 4.69) is 20.5 Å². The summed E-state index contributed by atoms with van der Waals surface area (Å²) in [5.41, 5.74) is 0.669. The van der Waals surface area contributed by atoms with E-state index in [1.807, 2.05) is 13.8 Å². The van der Waals surface area contributed by atoms with Crippen LogP contribution in [0.4, 0.5) is 23.1 Å². The maximum atomic E-state index is 13.2. The number of anilines is 4. The maximum Gasteiger partial charge on any atom is 0.251 e. The van der Waals surface area contributed by atoms with Crippen LogP contribution in [0.1, 0.15) is 75.6 Å². The van der Waals surface area contributed by atoms with Crippen LogP contribution in [-0.4, -0.2) is 65.8 Å². The van der Waals surface area contributed by atoms with Crippen molar-refractivity contribution in [3.05, 3.63) is 30.0 Å². The van der Waals surface area contributed by atoms with Gasteiger partial charge in [-0.2, -0.15) is 4.98 Å². The third-order valence-electron chi connectivity index (χ3n) is 8.55. The minimum Gasteiger partial charge on any atom is -0.495 e. The largest absolute Gasteiger partial charge is 0.495 e. The third kappa shape index (κ3) is 5.26. The summed E-state index contributed by atoms with van der Waals surface area (Å²) in [5, 5.41) is 16.2. The van der Waals surface area contributed by atoms with E-state index >= 15 is 0 Å². The topological polar surface area (TPSA) is 120 Å². The molecule has 0 unspecified atom stereocenters. The molecule has 10 nitrogen and oxygen atoms in total. The summed E-state index contributed by atoms with van der Waals surface area (Å²) in [6.45, 7) is 4.50. The van der Waals surface area contributed by atoms with Gasteiger partial charge < -0.3 is 30.3 Å². The van der Waals surface area contributed by atoms with Crippen molar-refractivity contribution in [3.8, 4) is 5.75 Å². The Kier molecular flexibility index (Phi) is 7.41. The van der Waals surface area contributed by atoms with Gasteiger partial charge in [0.1, 0.15) is 11.4 Å². The summed E-state index contributed by atoms with van der Waals surface area (Å²) in [6.07, 6.45) is 9.75. The van der Waals surface area contributed by atoms with Gasteiger partial charge in [0.05, 0.1) is 36.6 Å². The number of nitrogens with one attached hydrogen (secondary N) is 2. The fourth-order valence-electron chi connectivity index (χ4n) is 6.27. The van der Waals surface area contributed by atoms with Crippen molar-refractivity contribution in [1.82, 2.24) is 15.3 Å². The minimum atomic E-state index is -0.557. The van der Waals surface area contributed by atoms with Crippen molar-refractivity contribution in [1.29, 1.82) is 0 Å². The van der Waals surface area contributed by atoms with Crippen LogP contribution >= 0.6 is 0 Å². The molecule has 2 amide bonds. The Morgan fingerprint density at radius 2 is 1.90 bits per heavy atom. The Balaban J connectivity index is 1.42. The summed E-state index contributed by atoms with van der Waals surface area (Å²) < 4.78 is 5.61. The molecule has 210 valence electrons. The maximum absolute atomic E-state index is 13.2. The van der Waals surface area contributed by atoms with Crippen molar-refractivity contribution in [3.63, 3.8) is 0 Å². The average molecular weight is 537 g/mol. The molecule has 2 saturated carbocycles. The van der Waals surface area contributed by atoms with E-state index in [4.69, 9.17) is 9.72 Å². The Labute approximate surface area is 230 Å². The predicted molar refractivity (Wildman–Crippen MR) is 151 cm³/mol. The van der Waals surface area contributed by atoms with Crippen LogP contribution in [0.25, 0.3) is 0 Å². The van der Waals surface area contributed by atoms with Gasteiger partial charge in [0.25, 0.3) is 5.91 Å². The van der Waals surface area contributed by atoms with Crippen molar-refractivity contribution in [2.75, 3.05) is 42.4 Å². The number of nitrogens with zero attached hydrogens (tertiary/aromatic N) is 4. The highest BCUT2D eigenvalue weighted by Crippen LogP contribution is 2.41. The highest BCUT2D eigenvalue weighted by atomic mass is 16.5. The van der Waals surface area contributed by atoms with Gasteiger partial charge in [-0.3, -0.25) is 9.59 Å². The Morgan fingerprint density at radius 1 is 1.18 bits per heavy atom. The molecule has 10 heteroatoms. The van der Waals surface area contributed by atoms with Crippen LogP contribution in [0.5, 0.6) is 5.75 Å². The van der Waals surface area contributed by atoms with Crippen LogP contribution in [0.3, 0.4) is 0 Å². The fraction of sp³-hybridized carbons (Fsp3) is 0.586. The van der Waals surface area contributed by atoms with E-state index in [1.165, 1.54) is 12.8 Å². The van der Waals surface area contributed by atoms with E-state index in [9.17, 15) is 14.7 Å². The minimum absolute atomic E-state index is 0.0460. The first-order chi connectivity index (χ1) is 18.7. The lowest BCUT2D eigenvalue weighted by Gasteiger charge is -2.34. The van der Waals surface area contributed by atoms with Gasteiger partial charge in [-0.25, -0.2) is 4.98 Å². The summed E-state index contributed by atoms with van der Waals surface area (Å²) in [5.74, 6) is 1.43. The summed E-state index contributed by atoms with van der Waals surface area (Å²) >= 11 is 0. The fourth-order valence-corrected chi connectivity index (χ4v) is 6.27. The molecule has 39 heavy (non-hydrogen) atoms. The molecule has 2 aliphatic carbocycles. The second kappa shape index (κ2) is 10.6. The van der Waals surface area contributed by atoms with E-state index in [1.54, 1.807) is 43.5 Å². The van der Waals surface area contributed by atoms with Crippen LogP contribution in [0.15, 0.2) is 24.4 Å². The Bertz CT molecular complexity index is 1240. The first-order valence-electron chi connectivity index (χ1n) is 14.0. The molecule has 0 spiro atoms. The van der Waals surface area contributed by atoms with Crippen LogP contribution in [0.2, 0.25) is 0 Å². The molecule has 0 atom stereocenters. The Morgan fingerprint density at radius 3 is 2.56 bits per heavy atom. The van der Waals surface area contributed by atoms with Crippen LogP contribution in [0, 0.1) is 5.41 Å². The quantitative estimate of drug-likeness (QED) is 0.486. The number of carbonyl (C=O) groups is 2. The van der Waals surface area contributed by atoms with Crippen molar-refractivity contribution in [2.24, 2.45) is 5.41 Å². The summed E-state index contributed by atoms with van der Waals surface area (Å²) in [6, 6.07) is 5.51. The van der Waals surface area contributed by atoms with E-state index < -0.39 is 11.0 Å². The molecule has 0 radical (unpaired) electrons. The third-order valence-corrected chi connectivity index (χ3v) is 8.55. The number of hydrogen-bond acceptors (Lipinski definition) is 8. The molecule has 1 aliphatic heterocycles. The van der Waals surface area contributed by atoms with Gasteiger partial charge in [0.2, 0.25) is 11.9 Å². The molecule has 5 rings (SSSR count). The van der Waals surface area contributed by atoms with Crippen molar-refractivity contribution < 1.29 is 19.4 Å². The van der Waals surface area contributed by atoms with E-state index in [0.717, 1.165) is 44.3 Å². The highest BCUT2D eigenvalue weighted by Gasteiger charge is 2.41. The predicted octanol–water partition coefficient (Wildman–Crippen LogP) is 4.02. The smallest absolute Gasteiger partial charge is 0.251 e. The van der Waals surface area contributed by atoms with Crippen LogP contribution < -0.4 is 25.2 Å². The van der Waals surface area contributed by atoms with Gasteiger partial charge in [-0.1, -0.05) is 25.7 Å². The molecule has 1 aromatic carbocycles. The molecule has 0 saturated heterocycles. The van der Waals surface area contributed by atoms with Gasteiger partial charge in [-0.05, 0) is 57.7 Å². The number of fused-ring (bicyclic) bond motifs is 1. The zero-order valence-electron chi connectivity index (χ0n) is 23.4. The standard InChI is InChI=1S/C29H40N6O4/c1-28(2)17-35(20-9-5-6-10-20)24-22(34(3)26(28)38)16-30-27(32-24)31-21-12-11-19(15-23(21)39-4)25(37)33-29(18-36)13-7-8-14-29/h11-12,15-16,20,36H,5-10,13-14,17-18H2,1-4H3,(H,33,37)(H,30,31,32). The summed E-state index contributed by atoms with van der Waals surface area (Å²) in [4.78, 5) is 39.7. The monoisotopic (exact) mass is 536 g/mol. The second-order valence-electron chi connectivity index (χ2n) is 11.9. The first-order valence-corrected chi connectivity index (χ1v) is 14.0. The summed E-state index contributed by atoms with van der Waals surface area (Å²) in [7, 11) is 3.34. The van der Waals surface area contributed by atoms with Crippen LogP contribution in [-0.2, 0) is 4.79 Å². The molecule has 1 aromatic heterocycles. The van der Waals surface area contributed by atoms with Gasteiger partial charge in [0.15, 0.2) is 5.82 Å². The zero-order valence-corrected chi connectivity index (χ0v) is 23.4. The molecule has 3 N–H and O–H groups in total. The number of aliphatic hydroxyl groups excluding tert-OH is 1. The molecular formula is C29H40N6O4. The molecule has 2 aromatic rings. The number of methoxy groups -OCH3 is 1. The number of benzene rings is 1. The molecule has 2 fully saturated rings. The number of aliphatic hydroxyl groups is 1. The number of carbonyl (C=O) groups excluding carboxylic acids is 2. The Hall–Kier alpha value is -3.40. The number of rotatable bonds is 7. The zero-order chi connectivity index (χ0) is 27.8. The lowest BCUT2D eigenvalue weighted by molar-refractivity contribution is -0.125. The first kappa shape index (κ1) is 27.2. The number of hydrogen-bond donors (Lipinski definition) is 3. The SMILES string of the molecule is COc1cc(C(=O)NC2(CO)CCCC2)ccc1Nc1ncc2c(n1)N(C1CCCC1)CC(C)(C)C(=O)N2C. The lowest BCUT2D eigenvalue weighted by Crippen LogP contribution is -2.49. The van der Waals surface area contributed by atoms with Crippen molar-refractivity contribution in [2.45, 2.75) is 76.8 Å². The van der Waals surface area contributed by atoms with Gasteiger partial charge >= 0.3 is 0 Å². The number of aromatic nitrogens is 2.